The molecule has 1 fully saturated rings. The van der Waals surface area contributed by atoms with Crippen LogP contribution in [0.25, 0.3) is 5.76 Å². The van der Waals surface area contributed by atoms with Gasteiger partial charge in [0.05, 0.1) is 31.9 Å². The minimum atomic E-state index is -0.792. The van der Waals surface area contributed by atoms with Crippen molar-refractivity contribution in [1.82, 2.24) is 4.90 Å². The summed E-state index contributed by atoms with van der Waals surface area (Å²) in [4.78, 5) is 28.2. The van der Waals surface area contributed by atoms with E-state index in [1.165, 1.54) is 12.0 Å². The van der Waals surface area contributed by atoms with Crippen molar-refractivity contribution in [2.45, 2.75) is 32.7 Å². The molecule has 1 unspecified atom stereocenters. The number of amides is 1. The van der Waals surface area contributed by atoms with E-state index in [0.717, 1.165) is 12.0 Å². The molecule has 198 valence electrons. The van der Waals surface area contributed by atoms with Crippen molar-refractivity contribution in [2.75, 3.05) is 26.9 Å². The molecular formula is C31H33NO6. The highest BCUT2D eigenvalue weighted by Gasteiger charge is 2.46. The third-order valence-corrected chi connectivity index (χ3v) is 6.43. The van der Waals surface area contributed by atoms with Crippen molar-refractivity contribution in [2.24, 2.45) is 0 Å². The van der Waals surface area contributed by atoms with Gasteiger partial charge in [0, 0.05) is 12.1 Å². The van der Waals surface area contributed by atoms with Crippen molar-refractivity contribution < 1.29 is 28.9 Å². The molecule has 0 aromatic heterocycles. The standard InChI is InChI=1S/C31H33NO6/c1-4-19-38-24-14-11-22(12-15-24)29(33)27-28(23-13-16-25(37-5-2)26(20-23)36-3)32(31(35)30(27)34)18-17-21-9-7-6-8-10-21/h6-16,20,28,33H,4-5,17-19H2,1-3H3. The summed E-state index contributed by atoms with van der Waals surface area (Å²) in [6.07, 6.45) is 1.43. The predicted molar refractivity (Wildman–Crippen MR) is 146 cm³/mol. The lowest BCUT2D eigenvalue weighted by Crippen LogP contribution is -2.31. The number of carbonyl (C=O) groups excluding carboxylic acids is 2. The van der Waals surface area contributed by atoms with Crippen molar-refractivity contribution in [3.8, 4) is 17.2 Å². The second-order valence-corrected chi connectivity index (χ2v) is 8.94. The molecule has 7 heteroatoms. The highest BCUT2D eigenvalue weighted by molar-refractivity contribution is 6.46. The van der Waals surface area contributed by atoms with Gasteiger partial charge in [-0.15, -0.1) is 0 Å². The third kappa shape index (κ3) is 5.67. The van der Waals surface area contributed by atoms with E-state index >= 15 is 0 Å². The van der Waals surface area contributed by atoms with Gasteiger partial charge in [-0.3, -0.25) is 9.59 Å². The molecule has 4 rings (SSSR count). The minimum absolute atomic E-state index is 0.0384. The van der Waals surface area contributed by atoms with Gasteiger partial charge in [0.25, 0.3) is 11.7 Å². The lowest BCUT2D eigenvalue weighted by atomic mass is 9.94. The smallest absolute Gasteiger partial charge is 0.295 e. The van der Waals surface area contributed by atoms with E-state index in [1.807, 2.05) is 44.2 Å². The zero-order valence-electron chi connectivity index (χ0n) is 22.0. The van der Waals surface area contributed by atoms with Crippen molar-refractivity contribution in [3.05, 3.63) is 95.1 Å². The summed E-state index contributed by atoms with van der Waals surface area (Å²) in [6, 6.07) is 21.1. The number of methoxy groups -OCH3 is 1. The van der Waals surface area contributed by atoms with Crippen LogP contribution < -0.4 is 14.2 Å². The SMILES string of the molecule is CCCOc1ccc(C(O)=C2C(=O)C(=O)N(CCc3ccccc3)C2c2ccc(OCC)c(OC)c2)cc1. The number of hydrogen-bond donors (Lipinski definition) is 1. The number of carbonyl (C=O) groups is 2. The molecule has 3 aromatic carbocycles. The highest BCUT2D eigenvalue weighted by atomic mass is 16.5. The summed E-state index contributed by atoms with van der Waals surface area (Å²) in [6.45, 7) is 5.24. The fourth-order valence-electron chi connectivity index (χ4n) is 4.56. The van der Waals surface area contributed by atoms with Gasteiger partial charge < -0.3 is 24.2 Å². The monoisotopic (exact) mass is 515 g/mol. The molecule has 1 saturated heterocycles. The number of rotatable bonds is 11. The molecule has 0 aliphatic carbocycles. The number of likely N-dealkylation sites (tertiary alicyclic amines) is 1. The molecule has 0 saturated carbocycles. The predicted octanol–water partition coefficient (Wildman–Crippen LogP) is 5.55. The van der Waals surface area contributed by atoms with Gasteiger partial charge in [0.15, 0.2) is 11.5 Å². The summed E-state index contributed by atoms with van der Waals surface area (Å²) in [5, 5.41) is 11.4. The minimum Gasteiger partial charge on any atom is -0.507 e. The molecule has 1 amide bonds. The Kier molecular flexibility index (Phi) is 8.69. The van der Waals surface area contributed by atoms with Crippen LogP contribution in [0.2, 0.25) is 0 Å². The molecule has 1 heterocycles. The Morgan fingerprint density at radius 3 is 2.32 bits per heavy atom. The fraction of sp³-hybridized carbons (Fsp3) is 0.290. The maximum atomic E-state index is 13.4. The van der Waals surface area contributed by atoms with Crippen LogP contribution in [0.5, 0.6) is 17.2 Å². The first-order chi connectivity index (χ1) is 18.5. The van der Waals surface area contributed by atoms with Gasteiger partial charge in [0.2, 0.25) is 0 Å². The lowest BCUT2D eigenvalue weighted by molar-refractivity contribution is -0.139. The quantitative estimate of drug-likeness (QED) is 0.205. The molecule has 0 radical (unpaired) electrons. The third-order valence-electron chi connectivity index (χ3n) is 6.43. The van der Waals surface area contributed by atoms with E-state index in [9.17, 15) is 14.7 Å². The maximum absolute atomic E-state index is 13.4. The van der Waals surface area contributed by atoms with Crippen LogP contribution in [0.4, 0.5) is 0 Å². The Bertz CT molecular complexity index is 1300. The number of aliphatic hydroxyl groups excluding tert-OH is 1. The van der Waals surface area contributed by atoms with E-state index in [0.29, 0.717) is 54.6 Å². The van der Waals surface area contributed by atoms with Crippen LogP contribution in [-0.2, 0) is 16.0 Å². The number of hydrogen-bond acceptors (Lipinski definition) is 6. The zero-order valence-corrected chi connectivity index (χ0v) is 22.0. The molecule has 0 bridgehead atoms. The van der Waals surface area contributed by atoms with Crippen molar-refractivity contribution in [1.29, 1.82) is 0 Å². The average Bonchev–Trinajstić information content (AvgIpc) is 3.20. The lowest BCUT2D eigenvalue weighted by Gasteiger charge is -2.26. The summed E-state index contributed by atoms with van der Waals surface area (Å²) in [5.41, 5.74) is 2.15. The van der Waals surface area contributed by atoms with Gasteiger partial charge in [-0.05, 0) is 67.3 Å². The first-order valence-corrected chi connectivity index (χ1v) is 12.8. The van der Waals surface area contributed by atoms with Gasteiger partial charge in [-0.25, -0.2) is 0 Å². The van der Waals surface area contributed by atoms with E-state index in [1.54, 1.807) is 42.5 Å². The Morgan fingerprint density at radius 2 is 1.66 bits per heavy atom. The first kappa shape index (κ1) is 26.8. The van der Waals surface area contributed by atoms with Crippen LogP contribution in [-0.4, -0.2) is 48.6 Å². The Balaban J connectivity index is 1.77. The highest BCUT2D eigenvalue weighted by Crippen LogP contribution is 2.42. The normalized spacial score (nSPS) is 16.5. The molecule has 1 atom stereocenters. The molecule has 0 spiro atoms. The summed E-state index contributed by atoms with van der Waals surface area (Å²) >= 11 is 0. The van der Waals surface area contributed by atoms with Gasteiger partial charge in [-0.1, -0.05) is 43.3 Å². The van der Waals surface area contributed by atoms with Crippen molar-refractivity contribution >= 4 is 17.4 Å². The molecule has 1 aliphatic rings. The molecule has 3 aromatic rings. The van der Waals surface area contributed by atoms with E-state index in [4.69, 9.17) is 14.2 Å². The van der Waals surface area contributed by atoms with Gasteiger partial charge in [0.1, 0.15) is 11.5 Å². The Morgan fingerprint density at radius 1 is 0.921 bits per heavy atom. The molecule has 1 N–H and O–H groups in total. The second-order valence-electron chi connectivity index (χ2n) is 8.94. The van der Waals surface area contributed by atoms with E-state index in [-0.39, 0.29) is 11.3 Å². The number of ether oxygens (including phenoxy) is 3. The van der Waals surface area contributed by atoms with Crippen LogP contribution >= 0.6 is 0 Å². The maximum Gasteiger partial charge on any atom is 0.295 e. The van der Waals surface area contributed by atoms with Crippen LogP contribution in [0.15, 0.2) is 78.4 Å². The number of Topliss-reactive ketones (excluding diaryl/α,β-unsaturated/α-hetero) is 1. The average molecular weight is 516 g/mol. The first-order valence-electron chi connectivity index (χ1n) is 12.8. The molecule has 38 heavy (non-hydrogen) atoms. The topological polar surface area (TPSA) is 85.3 Å². The summed E-state index contributed by atoms with van der Waals surface area (Å²) < 4.78 is 16.8. The molecular weight excluding hydrogens is 482 g/mol. The zero-order chi connectivity index (χ0) is 27.1. The van der Waals surface area contributed by atoms with Crippen molar-refractivity contribution in [3.63, 3.8) is 0 Å². The van der Waals surface area contributed by atoms with Gasteiger partial charge in [-0.2, -0.15) is 0 Å². The largest absolute Gasteiger partial charge is 0.507 e. The van der Waals surface area contributed by atoms with Crippen LogP contribution in [0.3, 0.4) is 0 Å². The fourth-order valence-corrected chi connectivity index (χ4v) is 4.56. The van der Waals surface area contributed by atoms with Crippen LogP contribution in [0, 0.1) is 0 Å². The number of benzene rings is 3. The number of nitrogens with zero attached hydrogens (tertiary/aromatic N) is 1. The number of aliphatic hydroxyl groups is 1. The Hall–Kier alpha value is -4.26. The molecule has 1 aliphatic heterocycles. The Labute approximate surface area is 223 Å². The second kappa shape index (κ2) is 12.3. The summed E-state index contributed by atoms with van der Waals surface area (Å²) in [7, 11) is 1.54. The van der Waals surface area contributed by atoms with E-state index in [2.05, 4.69) is 0 Å². The molecule has 7 nitrogen and oxygen atoms in total. The summed E-state index contributed by atoms with van der Waals surface area (Å²) in [5.74, 6) is 0.103. The van der Waals surface area contributed by atoms with Crippen LogP contribution in [0.1, 0.15) is 43.0 Å². The van der Waals surface area contributed by atoms with Gasteiger partial charge >= 0.3 is 0 Å². The van der Waals surface area contributed by atoms with E-state index < -0.39 is 17.7 Å². The number of ketones is 1.